The van der Waals surface area contributed by atoms with Gasteiger partial charge < -0.3 is 4.98 Å². The quantitative estimate of drug-likeness (QED) is 0.488. The third-order valence-corrected chi connectivity index (χ3v) is 3.06. The van der Waals surface area contributed by atoms with Gasteiger partial charge in [-0.3, -0.25) is 4.79 Å². The first-order valence-electron chi connectivity index (χ1n) is 5.25. The summed E-state index contributed by atoms with van der Waals surface area (Å²) in [6, 6.07) is 9.40. The molecule has 3 rings (SSSR count). The number of para-hydroxylation sites is 1. The molecule has 3 aromatic rings. The molecule has 2 aromatic heterocycles. The van der Waals surface area contributed by atoms with E-state index in [0.29, 0.717) is 16.2 Å². The van der Waals surface area contributed by atoms with E-state index in [4.69, 9.17) is 11.6 Å². The number of rotatable bonds is 0. The number of benzene rings is 1. The van der Waals surface area contributed by atoms with Crippen LogP contribution in [0.15, 0.2) is 35.1 Å². The lowest BCUT2D eigenvalue weighted by Crippen LogP contribution is -2.08. The van der Waals surface area contributed by atoms with Crippen LogP contribution in [0.2, 0.25) is 5.15 Å². The van der Waals surface area contributed by atoms with Gasteiger partial charge in [0.15, 0.2) is 0 Å². The van der Waals surface area contributed by atoms with Gasteiger partial charge in [-0.2, -0.15) is 0 Å². The zero-order valence-electron chi connectivity index (χ0n) is 9.12. The summed E-state index contributed by atoms with van der Waals surface area (Å²) in [6.07, 6.45) is 0. The van der Waals surface area contributed by atoms with E-state index < -0.39 is 0 Å². The Hall–Kier alpha value is -1.87. The first kappa shape index (κ1) is 10.3. The van der Waals surface area contributed by atoms with E-state index in [1.165, 1.54) is 0 Å². The number of fused-ring (bicyclic) bond motifs is 3. The number of nitrogens with zero attached hydrogens (tertiary/aromatic N) is 1. The van der Waals surface area contributed by atoms with E-state index in [-0.39, 0.29) is 5.56 Å². The molecular weight excluding hydrogens is 236 g/mol. The van der Waals surface area contributed by atoms with Crippen LogP contribution >= 0.6 is 11.6 Å². The maximum absolute atomic E-state index is 12.0. The molecule has 0 aliphatic heterocycles. The Balaban J connectivity index is 2.70. The molecule has 0 spiro atoms. The minimum atomic E-state index is -0.125. The topological polar surface area (TPSA) is 45.8 Å². The molecule has 0 atom stereocenters. The Kier molecular flexibility index (Phi) is 2.16. The van der Waals surface area contributed by atoms with Gasteiger partial charge in [0.25, 0.3) is 5.56 Å². The van der Waals surface area contributed by atoms with Crippen molar-refractivity contribution in [3.63, 3.8) is 0 Å². The highest BCUT2D eigenvalue weighted by molar-refractivity contribution is 6.30. The van der Waals surface area contributed by atoms with Gasteiger partial charge in [-0.05, 0) is 19.1 Å². The molecule has 1 N–H and O–H groups in total. The normalized spacial score (nSPS) is 11.2. The van der Waals surface area contributed by atoms with Crippen molar-refractivity contribution in [1.82, 2.24) is 9.97 Å². The van der Waals surface area contributed by atoms with Gasteiger partial charge in [0.2, 0.25) is 0 Å². The Bertz CT molecular complexity index is 792. The van der Waals surface area contributed by atoms with Crippen LogP contribution < -0.4 is 5.56 Å². The minimum absolute atomic E-state index is 0.125. The number of halogens is 1. The smallest absolute Gasteiger partial charge is 0.258 e. The summed E-state index contributed by atoms with van der Waals surface area (Å²) in [5.74, 6) is 0. The lowest BCUT2D eigenvalue weighted by Gasteiger charge is -2.05. The molecule has 0 aliphatic rings. The summed E-state index contributed by atoms with van der Waals surface area (Å²) in [5.41, 5.74) is 1.34. The molecule has 0 saturated heterocycles. The number of H-pyrrole nitrogens is 1. The number of aryl methyl sites for hydroxylation is 1. The molecule has 17 heavy (non-hydrogen) atoms. The fraction of sp³-hybridized carbons (Fsp3) is 0.0769. The fourth-order valence-corrected chi connectivity index (χ4v) is 2.38. The van der Waals surface area contributed by atoms with Crippen LogP contribution in [0.1, 0.15) is 5.69 Å². The number of aromatic amines is 1. The van der Waals surface area contributed by atoms with Crippen LogP contribution in [0.3, 0.4) is 0 Å². The van der Waals surface area contributed by atoms with Gasteiger partial charge >= 0.3 is 0 Å². The molecule has 0 unspecified atom stereocenters. The third-order valence-electron chi connectivity index (χ3n) is 2.86. The van der Waals surface area contributed by atoms with E-state index in [2.05, 4.69) is 9.97 Å². The summed E-state index contributed by atoms with van der Waals surface area (Å²) in [7, 11) is 0. The van der Waals surface area contributed by atoms with Gasteiger partial charge in [0.05, 0.1) is 11.1 Å². The second-order valence-corrected chi connectivity index (χ2v) is 4.34. The molecule has 0 amide bonds. The van der Waals surface area contributed by atoms with Crippen molar-refractivity contribution in [3.8, 4) is 0 Å². The lowest BCUT2D eigenvalue weighted by atomic mass is 10.1. The molecule has 0 aliphatic carbocycles. The van der Waals surface area contributed by atoms with Crippen molar-refractivity contribution >= 4 is 33.3 Å². The number of pyridine rings is 2. The van der Waals surface area contributed by atoms with Crippen molar-refractivity contribution in [3.05, 3.63) is 51.5 Å². The van der Waals surface area contributed by atoms with Gasteiger partial charge in [0.1, 0.15) is 5.15 Å². The van der Waals surface area contributed by atoms with Crippen molar-refractivity contribution in [2.24, 2.45) is 0 Å². The number of hydrogen-bond donors (Lipinski definition) is 1. The molecule has 84 valence electrons. The maximum Gasteiger partial charge on any atom is 0.258 e. The van der Waals surface area contributed by atoms with Gasteiger partial charge in [-0.25, -0.2) is 4.98 Å². The predicted molar refractivity (Wildman–Crippen MR) is 69.6 cm³/mol. The largest absolute Gasteiger partial charge is 0.321 e. The second kappa shape index (κ2) is 3.57. The van der Waals surface area contributed by atoms with E-state index in [1.54, 1.807) is 13.0 Å². The van der Waals surface area contributed by atoms with E-state index in [0.717, 1.165) is 16.3 Å². The highest BCUT2D eigenvalue weighted by atomic mass is 35.5. The summed E-state index contributed by atoms with van der Waals surface area (Å²) >= 11 is 5.95. The van der Waals surface area contributed by atoms with Gasteiger partial charge in [-0.1, -0.05) is 29.8 Å². The maximum atomic E-state index is 12.0. The molecule has 0 radical (unpaired) electrons. The standard InChI is InChI=1S/C13H9ClN2O/c1-7-12-9(6-11(14)15-7)8-4-2-3-5-10(8)16-13(12)17/h2-6H,1H3,(H,16,17). The van der Waals surface area contributed by atoms with Crippen molar-refractivity contribution < 1.29 is 0 Å². The average molecular weight is 245 g/mol. The molecule has 3 nitrogen and oxygen atoms in total. The molecule has 0 fully saturated rings. The highest BCUT2D eigenvalue weighted by Crippen LogP contribution is 2.24. The number of nitrogens with one attached hydrogen (secondary N) is 1. The minimum Gasteiger partial charge on any atom is -0.321 e. The lowest BCUT2D eigenvalue weighted by molar-refractivity contribution is 1.21. The van der Waals surface area contributed by atoms with Crippen LogP contribution in [-0.4, -0.2) is 9.97 Å². The summed E-state index contributed by atoms with van der Waals surface area (Å²) in [4.78, 5) is 19.0. The molecule has 1 aromatic carbocycles. The van der Waals surface area contributed by atoms with E-state index in [9.17, 15) is 4.79 Å². The molecule has 2 heterocycles. The molecule has 4 heteroatoms. The Morgan fingerprint density at radius 2 is 2.00 bits per heavy atom. The van der Waals surface area contributed by atoms with Gasteiger partial charge in [0, 0.05) is 16.3 Å². The highest BCUT2D eigenvalue weighted by Gasteiger charge is 2.09. The Labute approximate surface area is 102 Å². The first-order chi connectivity index (χ1) is 8.16. The average Bonchev–Trinajstić information content (AvgIpc) is 2.28. The summed E-state index contributed by atoms with van der Waals surface area (Å²) < 4.78 is 0. The van der Waals surface area contributed by atoms with Crippen molar-refractivity contribution in [1.29, 1.82) is 0 Å². The zero-order valence-corrected chi connectivity index (χ0v) is 9.88. The predicted octanol–water partition coefficient (Wildman–Crippen LogP) is 3.04. The van der Waals surface area contributed by atoms with Crippen LogP contribution in [-0.2, 0) is 0 Å². The van der Waals surface area contributed by atoms with Gasteiger partial charge in [-0.15, -0.1) is 0 Å². The molecule has 0 saturated carbocycles. The molecular formula is C13H9ClN2O. The Morgan fingerprint density at radius 1 is 1.24 bits per heavy atom. The first-order valence-corrected chi connectivity index (χ1v) is 5.62. The summed E-state index contributed by atoms with van der Waals surface area (Å²) in [5, 5.41) is 2.84. The van der Waals surface area contributed by atoms with E-state index >= 15 is 0 Å². The number of aromatic nitrogens is 2. The second-order valence-electron chi connectivity index (χ2n) is 3.95. The van der Waals surface area contributed by atoms with Crippen LogP contribution in [0.5, 0.6) is 0 Å². The number of hydrogen-bond acceptors (Lipinski definition) is 2. The van der Waals surface area contributed by atoms with Crippen molar-refractivity contribution in [2.75, 3.05) is 0 Å². The zero-order chi connectivity index (χ0) is 12.0. The van der Waals surface area contributed by atoms with Crippen LogP contribution in [0.4, 0.5) is 0 Å². The summed E-state index contributed by atoms with van der Waals surface area (Å²) in [6.45, 7) is 1.79. The molecule has 0 bridgehead atoms. The van der Waals surface area contributed by atoms with Crippen LogP contribution in [0.25, 0.3) is 21.7 Å². The fourth-order valence-electron chi connectivity index (χ4n) is 2.15. The van der Waals surface area contributed by atoms with Crippen molar-refractivity contribution in [2.45, 2.75) is 6.92 Å². The third kappa shape index (κ3) is 1.51. The monoisotopic (exact) mass is 244 g/mol. The van der Waals surface area contributed by atoms with E-state index in [1.807, 2.05) is 24.3 Å². The SMILES string of the molecule is Cc1nc(Cl)cc2c1c(=O)[nH]c1ccccc12. The van der Waals surface area contributed by atoms with Crippen LogP contribution in [0, 0.1) is 6.92 Å². The Morgan fingerprint density at radius 3 is 2.82 bits per heavy atom.